The summed E-state index contributed by atoms with van der Waals surface area (Å²) < 4.78 is 30.8. The van der Waals surface area contributed by atoms with Gasteiger partial charge in [0.2, 0.25) is 10.0 Å². The SMILES string of the molecule is CNS(=O)(=O)c1ccc(Oc2ccc(N)nc2)cc1. The van der Waals surface area contributed by atoms with Gasteiger partial charge in [-0.1, -0.05) is 0 Å². The Morgan fingerprint density at radius 3 is 2.26 bits per heavy atom. The molecule has 0 spiro atoms. The van der Waals surface area contributed by atoms with E-state index in [1.807, 2.05) is 0 Å². The van der Waals surface area contributed by atoms with E-state index in [0.29, 0.717) is 17.3 Å². The van der Waals surface area contributed by atoms with Crippen molar-refractivity contribution in [3.63, 3.8) is 0 Å². The van der Waals surface area contributed by atoms with Crippen molar-refractivity contribution in [2.45, 2.75) is 4.90 Å². The summed E-state index contributed by atoms with van der Waals surface area (Å²) in [6.45, 7) is 0. The van der Waals surface area contributed by atoms with Gasteiger partial charge in [-0.3, -0.25) is 0 Å². The first kappa shape index (κ1) is 13.3. The van der Waals surface area contributed by atoms with Crippen LogP contribution in [0.1, 0.15) is 0 Å². The molecule has 2 rings (SSSR count). The van der Waals surface area contributed by atoms with Crippen LogP contribution in [0.15, 0.2) is 47.5 Å². The minimum absolute atomic E-state index is 0.179. The van der Waals surface area contributed by atoms with E-state index < -0.39 is 10.0 Å². The average molecular weight is 279 g/mol. The first-order chi connectivity index (χ1) is 9.01. The van der Waals surface area contributed by atoms with E-state index in [2.05, 4.69) is 9.71 Å². The average Bonchev–Trinajstić information content (AvgIpc) is 2.42. The molecule has 0 unspecified atom stereocenters. The zero-order valence-corrected chi connectivity index (χ0v) is 11.0. The molecule has 0 aliphatic rings. The van der Waals surface area contributed by atoms with Crippen molar-refractivity contribution in [3.8, 4) is 11.5 Å². The van der Waals surface area contributed by atoms with Gasteiger partial charge >= 0.3 is 0 Å². The lowest BCUT2D eigenvalue weighted by atomic mass is 10.3. The Labute approximate surface area is 111 Å². The number of rotatable bonds is 4. The molecule has 3 N–H and O–H groups in total. The second-order valence-corrected chi connectivity index (χ2v) is 5.59. The van der Waals surface area contributed by atoms with E-state index in [-0.39, 0.29) is 4.90 Å². The van der Waals surface area contributed by atoms with Crippen LogP contribution in [0.25, 0.3) is 0 Å². The molecule has 0 aliphatic carbocycles. The summed E-state index contributed by atoms with van der Waals surface area (Å²) >= 11 is 0. The summed E-state index contributed by atoms with van der Waals surface area (Å²) in [4.78, 5) is 4.07. The van der Waals surface area contributed by atoms with E-state index >= 15 is 0 Å². The maximum absolute atomic E-state index is 11.5. The van der Waals surface area contributed by atoms with Crippen LogP contribution in [-0.2, 0) is 10.0 Å². The molecule has 0 saturated heterocycles. The maximum Gasteiger partial charge on any atom is 0.240 e. The van der Waals surface area contributed by atoms with Gasteiger partial charge in [0, 0.05) is 0 Å². The van der Waals surface area contributed by atoms with Crippen molar-refractivity contribution in [2.75, 3.05) is 12.8 Å². The summed E-state index contributed by atoms with van der Waals surface area (Å²) in [5, 5.41) is 0. The van der Waals surface area contributed by atoms with Crippen molar-refractivity contribution in [2.24, 2.45) is 0 Å². The van der Waals surface area contributed by atoms with Gasteiger partial charge in [-0.2, -0.15) is 0 Å². The second kappa shape index (κ2) is 5.25. The van der Waals surface area contributed by atoms with E-state index in [1.54, 1.807) is 24.3 Å². The zero-order valence-electron chi connectivity index (χ0n) is 10.2. The number of nitrogen functional groups attached to an aromatic ring is 1. The molecule has 2 aromatic rings. The van der Waals surface area contributed by atoms with Gasteiger partial charge in [0.15, 0.2) is 0 Å². The molecule has 19 heavy (non-hydrogen) atoms. The molecular formula is C12H13N3O3S. The number of pyridine rings is 1. The van der Waals surface area contributed by atoms with Crippen LogP contribution < -0.4 is 15.2 Å². The largest absolute Gasteiger partial charge is 0.456 e. The Bertz CT molecular complexity index is 652. The summed E-state index contributed by atoms with van der Waals surface area (Å²) in [6, 6.07) is 9.37. The van der Waals surface area contributed by atoms with Crippen LogP contribution >= 0.6 is 0 Å². The van der Waals surface area contributed by atoms with Crippen LogP contribution in [-0.4, -0.2) is 20.4 Å². The van der Waals surface area contributed by atoms with E-state index in [9.17, 15) is 8.42 Å². The molecule has 0 atom stereocenters. The van der Waals surface area contributed by atoms with E-state index in [4.69, 9.17) is 10.5 Å². The standard InChI is InChI=1S/C12H13N3O3S/c1-14-19(16,17)11-5-2-9(3-6-11)18-10-4-7-12(13)15-8-10/h2-8,14H,1H3,(H2,13,15). The summed E-state index contributed by atoms with van der Waals surface area (Å²) in [5.74, 6) is 1.45. The van der Waals surface area contributed by atoms with Crippen molar-refractivity contribution >= 4 is 15.8 Å². The second-order valence-electron chi connectivity index (χ2n) is 3.70. The predicted octanol–water partition coefficient (Wildman–Crippen LogP) is 1.36. The highest BCUT2D eigenvalue weighted by molar-refractivity contribution is 7.89. The molecule has 100 valence electrons. The molecule has 0 aliphatic heterocycles. The molecule has 7 heteroatoms. The molecule has 0 bridgehead atoms. The highest BCUT2D eigenvalue weighted by atomic mass is 32.2. The Kier molecular flexibility index (Phi) is 3.68. The molecule has 1 aromatic carbocycles. The predicted molar refractivity (Wildman–Crippen MR) is 71.4 cm³/mol. The maximum atomic E-state index is 11.5. The van der Waals surface area contributed by atoms with Crippen LogP contribution in [0.5, 0.6) is 11.5 Å². The Morgan fingerprint density at radius 2 is 1.74 bits per heavy atom. The normalized spacial score (nSPS) is 11.2. The molecule has 6 nitrogen and oxygen atoms in total. The Hall–Kier alpha value is -2.12. The summed E-state index contributed by atoms with van der Waals surface area (Å²) in [7, 11) is -2.07. The highest BCUT2D eigenvalue weighted by Gasteiger charge is 2.10. The third-order valence-electron chi connectivity index (χ3n) is 2.40. The molecule has 1 heterocycles. The van der Waals surface area contributed by atoms with Crippen LogP contribution in [0, 0.1) is 0 Å². The number of ether oxygens (including phenoxy) is 1. The fourth-order valence-electron chi connectivity index (χ4n) is 1.39. The highest BCUT2D eigenvalue weighted by Crippen LogP contribution is 2.22. The third kappa shape index (κ3) is 3.21. The summed E-state index contributed by atoms with van der Waals surface area (Å²) in [5.41, 5.74) is 5.46. The topological polar surface area (TPSA) is 94.3 Å². The third-order valence-corrected chi connectivity index (χ3v) is 3.83. The number of anilines is 1. The number of hydrogen-bond acceptors (Lipinski definition) is 5. The first-order valence-corrected chi connectivity index (χ1v) is 6.92. The van der Waals surface area contributed by atoms with Crippen LogP contribution in [0.4, 0.5) is 5.82 Å². The molecular weight excluding hydrogens is 266 g/mol. The lowest BCUT2D eigenvalue weighted by molar-refractivity contribution is 0.480. The van der Waals surface area contributed by atoms with Crippen molar-refractivity contribution in [1.29, 1.82) is 0 Å². The van der Waals surface area contributed by atoms with E-state index in [1.165, 1.54) is 25.4 Å². The molecule has 0 amide bonds. The number of nitrogens with one attached hydrogen (secondary N) is 1. The van der Waals surface area contributed by atoms with Gasteiger partial charge < -0.3 is 10.5 Å². The number of benzene rings is 1. The van der Waals surface area contributed by atoms with Crippen molar-refractivity contribution < 1.29 is 13.2 Å². The van der Waals surface area contributed by atoms with Gasteiger partial charge in [0.1, 0.15) is 17.3 Å². The Balaban J connectivity index is 2.17. The van der Waals surface area contributed by atoms with Crippen LogP contribution in [0.3, 0.4) is 0 Å². The quantitative estimate of drug-likeness (QED) is 0.881. The molecule has 0 fully saturated rings. The summed E-state index contributed by atoms with van der Waals surface area (Å²) in [6.07, 6.45) is 1.49. The Morgan fingerprint density at radius 1 is 1.11 bits per heavy atom. The number of nitrogens with zero attached hydrogens (tertiary/aromatic N) is 1. The fraction of sp³-hybridized carbons (Fsp3) is 0.0833. The number of aromatic nitrogens is 1. The lowest BCUT2D eigenvalue weighted by Gasteiger charge is -2.07. The monoisotopic (exact) mass is 279 g/mol. The van der Waals surface area contributed by atoms with Gasteiger partial charge in [-0.15, -0.1) is 0 Å². The minimum atomic E-state index is -3.43. The molecule has 1 aromatic heterocycles. The van der Waals surface area contributed by atoms with Gasteiger partial charge in [0.05, 0.1) is 11.1 Å². The number of sulfonamides is 1. The first-order valence-electron chi connectivity index (χ1n) is 5.44. The smallest absolute Gasteiger partial charge is 0.240 e. The van der Waals surface area contributed by atoms with Gasteiger partial charge in [-0.25, -0.2) is 18.1 Å². The van der Waals surface area contributed by atoms with Crippen LogP contribution in [0.2, 0.25) is 0 Å². The number of hydrogen-bond donors (Lipinski definition) is 2. The van der Waals surface area contributed by atoms with Crippen molar-refractivity contribution in [1.82, 2.24) is 9.71 Å². The van der Waals surface area contributed by atoms with Gasteiger partial charge in [-0.05, 0) is 43.4 Å². The molecule has 0 saturated carbocycles. The number of nitrogens with two attached hydrogens (primary N) is 1. The van der Waals surface area contributed by atoms with E-state index in [0.717, 1.165) is 0 Å². The molecule has 0 radical (unpaired) electrons. The minimum Gasteiger partial charge on any atom is -0.456 e. The zero-order chi connectivity index (χ0) is 13.9. The van der Waals surface area contributed by atoms with Gasteiger partial charge in [0.25, 0.3) is 0 Å². The fourth-order valence-corrected chi connectivity index (χ4v) is 2.12. The lowest BCUT2D eigenvalue weighted by Crippen LogP contribution is -2.18. The van der Waals surface area contributed by atoms with Crippen molar-refractivity contribution in [3.05, 3.63) is 42.6 Å².